The number of amides is 1. The van der Waals surface area contributed by atoms with Crippen molar-refractivity contribution < 1.29 is 4.79 Å². The van der Waals surface area contributed by atoms with Crippen LogP contribution in [0.25, 0.3) is 6.08 Å². The molecule has 0 radical (unpaired) electrons. The number of hydrogen-bond acceptors (Lipinski definition) is 2. The van der Waals surface area contributed by atoms with E-state index in [0.717, 1.165) is 10.9 Å². The summed E-state index contributed by atoms with van der Waals surface area (Å²) >= 11 is 3.36. The van der Waals surface area contributed by atoms with Crippen LogP contribution in [0.2, 0.25) is 0 Å². The summed E-state index contributed by atoms with van der Waals surface area (Å²) in [6.45, 7) is 2.01. The van der Waals surface area contributed by atoms with Gasteiger partial charge in [0.05, 0.1) is 0 Å². The highest BCUT2D eigenvalue weighted by molar-refractivity contribution is 9.09. The third kappa shape index (κ3) is 2.96. The van der Waals surface area contributed by atoms with Gasteiger partial charge in [-0.1, -0.05) is 27.6 Å². The van der Waals surface area contributed by atoms with Crippen molar-refractivity contribution in [3.8, 4) is 0 Å². The standard InChI is InChI=1S/C10H11BrN2O/c1-8(6-11)5-9-3-2-4-12-10(9)13-7-14/h2-5,7H,6H2,1H3,(H,12,13,14)/b8-5+. The van der Waals surface area contributed by atoms with E-state index in [2.05, 4.69) is 26.2 Å². The number of aromatic nitrogens is 1. The molecule has 1 heterocycles. The van der Waals surface area contributed by atoms with Crippen LogP contribution in [0.4, 0.5) is 5.82 Å². The van der Waals surface area contributed by atoms with E-state index >= 15 is 0 Å². The van der Waals surface area contributed by atoms with Crippen molar-refractivity contribution in [3.05, 3.63) is 29.5 Å². The van der Waals surface area contributed by atoms with Crippen molar-refractivity contribution in [2.24, 2.45) is 0 Å². The van der Waals surface area contributed by atoms with Gasteiger partial charge in [0.25, 0.3) is 0 Å². The Morgan fingerprint density at radius 2 is 2.50 bits per heavy atom. The van der Waals surface area contributed by atoms with Gasteiger partial charge in [-0.2, -0.15) is 0 Å². The Bertz CT molecular complexity index is 350. The fraction of sp³-hybridized carbons (Fsp3) is 0.200. The lowest BCUT2D eigenvalue weighted by Crippen LogP contribution is -1.98. The van der Waals surface area contributed by atoms with Gasteiger partial charge in [0.15, 0.2) is 0 Å². The molecule has 4 heteroatoms. The Morgan fingerprint density at radius 3 is 3.14 bits per heavy atom. The van der Waals surface area contributed by atoms with Crippen molar-refractivity contribution >= 4 is 34.2 Å². The SMILES string of the molecule is C/C(=C\c1cccnc1NC=O)CBr. The van der Waals surface area contributed by atoms with Crippen LogP contribution in [0.5, 0.6) is 0 Å². The molecule has 0 saturated heterocycles. The van der Waals surface area contributed by atoms with E-state index < -0.39 is 0 Å². The number of alkyl halides is 1. The first-order valence-corrected chi connectivity index (χ1v) is 5.28. The summed E-state index contributed by atoms with van der Waals surface area (Å²) in [6.07, 6.45) is 4.25. The molecule has 0 saturated carbocycles. The molecule has 1 aromatic heterocycles. The minimum Gasteiger partial charge on any atom is -0.313 e. The minimum atomic E-state index is 0.586. The molecule has 1 N–H and O–H groups in total. The number of rotatable bonds is 4. The van der Waals surface area contributed by atoms with Gasteiger partial charge in [0.1, 0.15) is 5.82 Å². The van der Waals surface area contributed by atoms with Crippen molar-refractivity contribution in [2.45, 2.75) is 6.92 Å². The second-order valence-electron chi connectivity index (χ2n) is 2.83. The molecule has 0 unspecified atom stereocenters. The van der Waals surface area contributed by atoms with Gasteiger partial charge in [-0.25, -0.2) is 4.98 Å². The van der Waals surface area contributed by atoms with E-state index in [1.54, 1.807) is 6.20 Å². The molecular weight excluding hydrogens is 244 g/mol. The lowest BCUT2D eigenvalue weighted by Gasteiger charge is -2.03. The van der Waals surface area contributed by atoms with Crippen molar-refractivity contribution in [2.75, 3.05) is 10.6 Å². The zero-order chi connectivity index (χ0) is 10.4. The number of nitrogens with one attached hydrogen (secondary N) is 1. The third-order valence-corrected chi connectivity index (χ3v) is 2.53. The fourth-order valence-electron chi connectivity index (χ4n) is 1.01. The topological polar surface area (TPSA) is 42.0 Å². The second-order valence-corrected chi connectivity index (χ2v) is 3.39. The molecule has 0 atom stereocenters. The van der Waals surface area contributed by atoms with Crippen LogP contribution >= 0.6 is 15.9 Å². The van der Waals surface area contributed by atoms with Gasteiger partial charge in [0.2, 0.25) is 6.41 Å². The van der Waals surface area contributed by atoms with Crippen LogP contribution in [-0.2, 0) is 4.79 Å². The monoisotopic (exact) mass is 254 g/mol. The summed E-state index contributed by atoms with van der Waals surface area (Å²) in [5.74, 6) is 0.586. The van der Waals surface area contributed by atoms with Gasteiger partial charge in [0, 0.05) is 17.1 Å². The number of carbonyl (C=O) groups excluding carboxylic acids is 1. The van der Waals surface area contributed by atoms with Gasteiger partial charge in [-0.05, 0) is 19.1 Å². The van der Waals surface area contributed by atoms with Crippen LogP contribution in [0.3, 0.4) is 0 Å². The molecule has 0 spiro atoms. The van der Waals surface area contributed by atoms with Crippen LogP contribution in [0, 0.1) is 0 Å². The fourth-order valence-corrected chi connectivity index (χ4v) is 1.18. The molecule has 0 aliphatic rings. The largest absolute Gasteiger partial charge is 0.313 e. The number of pyridine rings is 1. The Hall–Kier alpha value is -1.16. The van der Waals surface area contributed by atoms with Crippen LogP contribution in [0.15, 0.2) is 23.9 Å². The first-order chi connectivity index (χ1) is 6.77. The quantitative estimate of drug-likeness (QED) is 0.663. The molecule has 0 aliphatic heterocycles. The zero-order valence-electron chi connectivity index (χ0n) is 7.83. The van der Waals surface area contributed by atoms with Crippen molar-refractivity contribution in [3.63, 3.8) is 0 Å². The normalized spacial score (nSPS) is 11.1. The molecule has 0 aliphatic carbocycles. The number of nitrogens with zero attached hydrogens (tertiary/aromatic N) is 1. The van der Waals surface area contributed by atoms with E-state index in [0.29, 0.717) is 12.2 Å². The van der Waals surface area contributed by atoms with Crippen molar-refractivity contribution in [1.29, 1.82) is 0 Å². The molecule has 0 aromatic carbocycles. The molecule has 0 bridgehead atoms. The first kappa shape index (κ1) is 10.9. The predicted molar refractivity (Wildman–Crippen MR) is 61.4 cm³/mol. The molecule has 1 aromatic rings. The number of anilines is 1. The highest BCUT2D eigenvalue weighted by atomic mass is 79.9. The number of carbonyl (C=O) groups is 1. The molecule has 1 rings (SSSR count). The highest BCUT2D eigenvalue weighted by Gasteiger charge is 1.98. The highest BCUT2D eigenvalue weighted by Crippen LogP contribution is 2.15. The third-order valence-electron chi connectivity index (χ3n) is 1.65. The van der Waals surface area contributed by atoms with Gasteiger partial charge >= 0.3 is 0 Å². The Morgan fingerprint density at radius 1 is 1.71 bits per heavy atom. The predicted octanol–water partition coefficient (Wildman–Crippen LogP) is 2.45. The van der Waals surface area contributed by atoms with E-state index in [1.807, 2.05) is 25.1 Å². The molecule has 0 fully saturated rings. The Balaban J connectivity index is 3.00. The lowest BCUT2D eigenvalue weighted by molar-refractivity contribution is -0.105. The number of hydrogen-bond donors (Lipinski definition) is 1. The van der Waals surface area contributed by atoms with Crippen LogP contribution in [0.1, 0.15) is 12.5 Å². The maximum Gasteiger partial charge on any atom is 0.212 e. The molecule has 14 heavy (non-hydrogen) atoms. The zero-order valence-corrected chi connectivity index (χ0v) is 9.41. The molecule has 1 amide bonds. The second kappa shape index (κ2) is 5.54. The Kier molecular flexibility index (Phi) is 4.32. The summed E-state index contributed by atoms with van der Waals surface area (Å²) in [5, 5.41) is 3.36. The molecular formula is C10H11BrN2O. The average molecular weight is 255 g/mol. The average Bonchev–Trinajstić information content (AvgIpc) is 2.21. The number of allylic oxidation sites excluding steroid dienone is 1. The minimum absolute atomic E-state index is 0.586. The smallest absolute Gasteiger partial charge is 0.212 e. The van der Waals surface area contributed by atoms with Crippen LogP contribution < -0.4 is 5.32 Å². The Labute approximate surface area is 91.4 Å². The van der Waals surface area contributed by atoms with E-state index in [4.69, 9.17) is 0 Å². The maximum absolute atomic E-state index is 10.3. The van der Waals surface area contributed by atoms with E-state index in [9.17, 15) is 4.79 Å². The van der Waals surface area contributed by atoms with Crippen LogP contribution in [-0.4, -0.2) is 16.7 Å². The van der Waals surface area contributed by atoms with Gasteiger partial charge in [-0.3, -0.25) is 4.79 Å². The summed E-state index contributed by atoms with van der Waals surface area (Å²) in [7, 11) is 0. The molecule has 3 nitrogen and oxygen atoms in total. The maximum atomic E-state index is 10.3. The summed E-state index contributed by atoms with van der Waals surface area (Å²) < 4.78 is 0. The van der Waals surface area contributed by atoms with Crippen molar-refractivity contribution in [1.82, 2.24) is 4.98 Å². The summed E-state index contributed by atoms with van der Waals surface area (Å²) in [6, 6.07) is 3.74. The molecule has 74 valence electrons. The first-order valence-electron chi connectivity index (χ1n) is 4.16. The lowest BCUT2D eigenvalue weighted by atomic mass is 10.2. The van der Waals surface area contributed by atoms with E-state index in [-0.39, 0.29) is 0 Å². The summed E-state index contributed by atoms with van der Waals surface area (Å²) in [4.78, 5) is 14.4. The van der Waals surface area contributed by atoms with E-state index in [1.165, 1.54) is 5.57 Å². The van der Waals surface area contributed by atoms with Gasteiger partial charge in [-0.15, -0.1) is 0 Å². The summed E-state index contributed by atoms with van der Waals surface area (Å²) in [5.41, 5.74) is 2.09. The number of halogens is 1. The van der Waals surface area contributed by atoms with Gasteiger partial charge < -0.3 is 5.32 Å².